The molecule has 0 fully saturated rings. The first-order valence-corrected chi connectivity index (χ1v) is 10.1. The number of ether oxygens (including phenoxy) is 2. The number of carbonyl (C=O) groups is 1. The van der Waals surface area contributed by atoms with Gasteiger partial charge in [0.1, 0.15) is 22.1 Å². The molecule has 146 valence electrons. The van der Waals surface area contributed by atoms with Crippen molar-refractivity contribution >= 4 is 22.0 Å². The Morgan fingerprint density at radius 1 is 0.931 bits per heavy atom. The van der Waals surface area contributed by atoms with Crippen molar-refractivity contribution in [2.24, 2.45) is 0 Å². The predicted molar refractivity (Wildman–Crippen MR) is 107 cm³/mol. The fraction of sp³-hybridized carbons (Fsp3) is 0.0455. The van der Waals surface area contributed by atoms with E-state index in [0.717, 1.165) is 0 Å². The maximum absolute atomic E-state index is 12.6. The number of benzene rings is 3. The number of fused-ring (bicyclic) bond motifs is 1. The van der Waals surface area contributed by atoms with Gasteiger partial charge in [-0.2, -0.15) is 8.42 Å². The third-order valence-corrected chi connectivity index (χ3v) is 5.57. The minimum Gasteiger partial charge on any atom is -0.496 e. The molecule has 3 aromatic carbocycles. The van der Waals surface area contributed by atoms with Gasteiger partial charge in [0.2, 0.25) is 5.78 Å². The van der Waals surface area contributed by atoms with Crippen LogP contribution in [0.2, 0.25) is 0 Å². The Labute approximate surface area is 168 Å². The summed E-state index contributed by atoms with van der Waals surface area (Å²) in [6.45, 7) is 0. The zero-order valence-corrected chi connectivity index (χ0v) is 16.2. The van der Waals surface area contributed by atoms with Gasteiger partial charge in [-0.3, -0.25) is 4.79 Å². The summed E-state index contributed by atoms with van der Waals surface area (Å²) in [5, 5.41) is 0. The van der Waals surface area contributed by atoms with Gasteiger partial charge < -0.3 is 13.7 Å². The number of rotatable bonds is 5. The van der Waals surface area contributed by atoms with Crippen LogP contribution in [0.15, 0.2) is 83.5 Å². The van der Waals surface area contributed by atoms with Crippen LogP contribution in [0.1, 0.15) is 15.9 Å². The van der Waals surface area contributed by atoms with Crippen LogP contribution in [0.5, 0.6) is 17.2 Å². The maximum atomic E-state index is 12.6. The molecule has 4 rings (SSSR count). The van der Waals surface area contributed by atoms with E-state index in [1.807, 2.05) is 12.1 Å². The highest BCUT2D eigenvalue weighted by molar-refractivity contribution is 7.87. The molecule has 1 aliphatic heterocycles. The number of para-hydroxylation sites is 1. The Bertz CT molecular complexity index is 1210. The van der Waals surface area contributed by atoms with Crippen LogP contribution in [0.4, 0.5) is 0 Å². The molecule has 0 spiro atoms. The lowest BCUT2D eigenvalue weighted by atomic mass is 10.1. The number of allylic oxidation sites excluding steroid dienone is 1. The first-order valence-electron chi connectivity index (χ1n) is 8.69. The largest absolute Gasteiger partial charge is 0.496 e. The SMILES string of the molecule is COc1ccccc1/C=C1\Oc2cc(OS(=O)(=O)c3ccccc3)ccc2C1=O. The molecule has 0 saturated carbocycles. The van der Waals surface area contributed by atoms with Crippen molar-refractivity contribution in [2.75, 3.05) is 7.11 Å². The predicted octanol–water partition coefficient (Wildman–Crippen LogP) is 4.08. The first-order chi connectivity index (χ1) is 14.0. The molecule has 0 saturated heterocycles. The van der Waals surface area contributed by atoms with Crippen molar-refractivity contribution in [3.8, 4) is 17.2 Å². The van der Waals surface area contributed by atoms with E-state index in [1.165, 1.54) is 30.3 Å². The van der Waals surface area contributed by atoms with Gasteiger partial charge in [-0.15, -0.1) is 0 Å². The Hall–Kier alpha value is -3.58. The summed E-state index contributed by atoms with van der Waals surface area (Å²) >= 11 is 0. The second-order valence-corrected chi connectivity index (χ2v) is 7.74. The van der Waals surface area contributed by atoms with Crippen molar-refractivity contribution in [3.63, 3.8) is 0 Å². The van der Waals surface area contributed by atoms with E-state index in [1.54, 1.807) is 43.5 Å². The Morgan fingerprint density at radius 2 is 1.66 bits per heavy atom. The molecule has 0 aromatic heterocycles. The Kier molecular flexibility index (Phi) is 4.82. The van der Waals surface area contributed by atoms with Gasteiger partial charge in [0, 0.05) is 11.6 Å². The van der Waals surface area contributed by atoms with Crippen molar-refractivity contribution < 1.29 is 26.9 Å². The highest BCUT2D eigenvalue weighted by Gasteiger charge is 2.29. The van der Waals surface area contributed by atoms with Crippen molar-refractivity contribution in [1.29, 1.82) is 0 Å². The summed E-state index contributed by atoms with van der Waals surface area (Å²) in [6.07, 6.45) is 1.59. The number of Topliss-reactive ketones (excluding diaryl/α,β-unsaturated/α-hetero) is 1. The summed E-state index contributed by atoms with van der Waals surface area (Å²) in [4.78, 5) is 12.7. The molecule has 3 aromatic rings. The third kappa shape index (κ3) is 3.72. The molecule has 29 heavy (non-hydrogen) atoms. The van der Waals surface area contributed by atoms with Gasteiger partial charge in [0.15, 0.2) is 5.76 Å². The van der Waals surface area contributed by atoms with E-state index in [0.29, 0.717) is 16.9 Å². The molecule has 0 unspecified atom stereocenters. The van der Waals surface area contributed by atoms with Crippen LogP contribution < -0.4 is 13.7 Å². The van der Waals surface area contributed by atoms with E-state index < -0.39 is 10.1 Å². The quantitative estimate of drug-likeness (QED) is 0.468. The number of hydrogen-bond donors (Lipinski definition) is 0. The normalized spacial score (nSPS) is 14.4. The topological polar surface area (TPSA) is 78.9 Å². The molecule has 0 bridgehead atoms. The summed E-state index contributed by atoms with van der Waals surface area (Å²) in [7, 11) is -2.45. The minimum atomic E-state index is -3.99. The van der Waals surface area contributed by atoms with E-state index in [2.05, 4.69) is 0 Å². The zero-order valence-electron chi connectivity index (χ0n) is 15.4. The second kappa shape index (κ2) is 7.44. The Morgan fingerprint density at radius 3 is 2.41 bits per heavy atom. The molecule has 0 N–H and O–H groups in total. The second-order valence-electron chi connectivity index (χ2n) is 6.19. The van der Waals surface area contributed by atoms with E-state index >= 15 is 0 Å². The summed E-state index contributed by atoms with van der Waals surface area (Å²) in [6, 6.07) is 19.3. The van der Waals surface area contributed by atoms with Gasteiger partial charge in [-0.1, -0.05) is 36.4 Å². The lowest BCUT2D eigenvalue weighted by molar-refractivity contribution is 0.101. The smallest absolute Gasteiger partial charge is 0.339 e. The lowest BCUT2D eigenvalue weighted by Gasteiger charge is -2.07. The molecule has 0 atom stereocenters. The molecule has 7 heteroatoms. The average Bonchev–Trinajstić information content (AvgIpc) is 3.03. The molecule has 6 nitrogen and oxygen atoms in total. The Balaban J connectivity index is 1.62. The van der Waals surface area contributed by atoms with Gasteiger partial charge in [-0.05, 0) is 36.4 Å². The fourth-order valence-corrected chi connectivity index (χ4v) is 3.85. The van der Waals surface area contributed by atoms with Crippen LogP contribution in [-0.2, 0) is 10.1 Å². The van der Waals surface area contributed by atoms with Gasteiger partial charge in [0.05, 0.1) is 12.7 Å². The average molecular weight is 408 g/mol. The highest BCUT2D eigenvalue weighted by atomic mass is 32.2. The van der Waals surface area contributed by atoms with Crippen LogP contribution in [0, 0.1) is 0 Å². The first kappa shape index (κ1) is 18.8. The van der Waals surface area contributed by atoms with E-state index in [-0.39, 0.29) is 27.9 Å². The minimum absolute atomic E-state index is 0.0363. The monoisotopic (exact) mass is 408 g/mol. The van der Waals surface area contributed by atoms with Crippen molar-refractivity contribution in [3.05, 3.63) is 89.7 Å². The number of hydrogen-bond acceptors (Lipinski definition) is 6. The van der Waals surface area contributed by atoms with E-state index in [9.17, 15) is 13.2 Å². The van der Waals surface area contributed by atoms with Gasteiger partial charge in [0.25, 0.3) is 0 Å². The fourth-order valence-electron chi connectivity index (χ4n) is 2.91. The zero-order chi connectivity index (χ0) is 20.4. The third-order valence-electron chi connectivity index (χ3n) is 4.30. The van der Waals surface area contributed by atoms with Crippen molar-refractivity contribution in [1.82, 2.24) is 0 Å². The van der Waals surface area contributed by atoms with Crippen LogP contribution >= 0.6 is 0 Å². The van der Waals surface area contributed by atoms with E-state index in [4.69, 9.17) is 13.7 Å². The number of methoxy groups -OCH3 is 1. The summed E-state index contributed by atoms with van der Waals surface area (Å²) < 4.78 is 40.9. The standard InChI is InChI=1S/C22H16O6S/c1-26-19-10-6-5-7-15(19)13-21-22(23)18-12-11-16(14-20(18)27-21)28-29(24,25)17-8-3-2-4-9-17/h2-14H,1H3/b21-13-. The molecule has 1 heterocycles. The molecular formula is C22H16O6S. The number of carbonyl (C=O) groups excluding carboxylic acids is 1. The summed E-state index contributed by atoms with van der Waals surface area (Å²) in [5.41, 5.74) is 1.02. The van der Waals surface area contributed by atoms with Gasteiger partial charge >= 0.3 is 10.1 Å². The van der Waals surface area contributed by atoms with Gasteiger partial charge in [-0.25, -0.2) is 0 Å². The molecule has 1 aliphatic rings. The molecule has 0 radical (unpaired) electrons. The van der Waals surface area contributed by atoms with Crippen molar-refractivity contribution in [2.45, 2.75) is 4.90 Å². The van der Waals surface area contributed by atoms with Crippen LogP contribution in [-0.4, -0.2) is 21.3 Å². The number of ketones is 1. The maximum Gasteiger partial charge on any atom is 0.339 e. The molecular weight excluding hydrogens is 392 g/mol. The molecule has 0 amide bonds. The van der Waals surface area contributed by atoms with Crippen LogP contribution in [0.25, 0.3) is 6.08 Å². The summed E-state index contributed by atoms with van der Waals surface area (Å²) in [5.74, 6) is 0.706. The van der Waals surface area contributed by atoms with Crippen LogP contribution in [0.3, 0.4) is 0 Å². The highest BCUT2D eigenvalue weighted by Crippen LogP contribution is 2.36. The lowest BCUT2D eigenvalue weighted by Crippen LogP contribution is -2.09. The molecule has 0 aliphatic carbocycles.